The van der Waals surface area contributed by atoms with Crippen LogP contribution < -0.4 is 60.1 Å². The van der Waals surface area contributed by atoms with Crippen molar-refractivity contribution in [3.8, 4) is 0 Å². The molecule has 3 saturated heterocycles. The highest BCUT2D eigenvalue weighted by atomic mass is 32.2. The van der Waals surface area contributed by atoms with Crippen molar-refractivity contribution in [3.05, 3.63) is 35.7 Å². The maximum absolute atomic E-state index is 13.2. The normalized spacial score (nSPS) is 21.5. The number of aliphatic imine (C=N–C) groups is 1. The van der Waals surface area contributed by atoms with E-state index >= 15 is 0 Å². The number of hydrogen-bond acceptors (Lipinski definition) is 24. The van der Waals surface area contributed by atoms with Crippen LogP contribution in [0.3, 0.4) is 0 Å². The van der Waals surface area contributed by atoms with Gasteiger partial charge in [-0.05, 0) is 33.6 Å². The van der Waals surface area contributed by atoms with Gasteiger partial charge in [-0.1, -0.05) is 10.4 Å². The Morgan fingerprint density at radius 2 is 1.82 bits per heavy atom. The van der Waals surface area contributed by atoms with Crippen molar-refractivity contribution in [2.24, 2.45) is 40.1 Å². The summed E-state index contributed by atoms with van der Waals surface area (Å²) in [5.41, 5.74) is 30.3. The number of nitrogen functional groups attached to an aromatic ring is 2. The lowest BCUT2D eigenvalue weighted by molar-refractivity contribution is -0.765. The predicted molar refractivity (Wildman–Crippen MR) is 266 cm³/mol. The third-order valence-electron chi connectivity index (χ3n) is 11.9. The summed E-state index contributed by atoms with van der Waals surface area (Å²) < 4.78 is 31.7. The van der Waals surface area contributed by atoms with Crippen LogP contribution in [-0.2, 0) is 68.4 Å². The summed E-state index contributed by atoms with van der Waals surface area (Å²) in [4.78, 5) is 110. The van der Waals surface area contributed by atoms with E-state index in [-0.39, 0.29) is 72.5 Å². The molecule has 4 aliphatic heterocycles. The van der Waals surface area contributed by atoms with Gasteiger partial charge in [0.15, 0.2) is 45.0 Å². The number of carboxylic acids is 4. The van der Waals surface area contributed by atoms with E-state index in [1.165, 1.54) is 60.5 Å². The van der Waals surface area contributed by atoms with Crippen LogP contribution in [-0.4, -0.2) is 186 Å². The molecule has 38 heteroatoms. The molecule has 5 amide bonds. The van der Waals surface area contributed by atoms with Gasteiger partial charge in [-0.15, -0.1) is 26.2 Å². The number of rotatable bonds is 20. The topological polar surface area (TPSA) is 552 Å². The van der Waals surface area contributed by atoms with Crippen LogP contribution in [0.25, 0.3) is 0 Å². The molecule has 6 atom stereocenters. The highest BCUT2D eigenvalue weighted by Crippen LogP contribution is 2.47. The van der Waals surface area contributed by atoms with Crippen molar-refractivity contribution in [1.29, 1.82) is 0 Å². The molecule has 35 nitrogen and oxygen atoms in total. The number of sulfone groups is 1. The van der Waals surface area contributed by atoms with Crippen molar-refractivity contribution in [2.75, 3.05) is 42.2 Å². The second-order valence-corrected chi connectivity index (χ2v) is 22.1. The van der Waals surface area contributed by atoms with Gasteiger partial charge in [0.05, 0.1) is 37.9 Å². The number of β-lactam (4-membered cyclic amide) rings is 2. The number of nitrogens with zero attached hydrogens (tertiary/aromatic N) is 11. The van der Waals surface area contributed by atoms with Crippen LogP contribution in [0, 0.1) is 0 Å². The molecular weight excluding hydrogens is 1080 g/mol. The fourth-order valence-corrected chi connectivity index (χ4v) is 11.8. The molecule has 7 heterocycles. The van der Waals surface area contributed by atoms with E-state index in [0.717, 1.165) is 21.3 Å². The van der Waals surface area contributed by atoms with Gasteiger partial charge in [0, 0.05) is 48.7 Å². The molecule has 77 heavy (non-hydrogen) atoms. The minimum atomic E-state index is -3.80. The lowest BCUT2D eigenvalue weighted by Crippen LogP contribution is -2.71. The lowest BCUT2D eigenvalue weighted by Gasteiger charge is -2.50. The van der Waals surface area contributed by atoms with E-state index in [1.54, 1.807) is 11.7 Å². The Hall–Kier alpha value is -8.23. The van der Waals surface area contributed by atoms with E-state index in [1.807, 2.05) is 0 Å². The smallest absolute Gasteiger partial charge is 0.350 e. The predicted octanol–water partition coefficient (Wildman–Crippen LogP) is -6.97. The number of oxime groups is 1. The number of carbonyl (C=O) groups is 8. The molecule has 0 spiro atoms. The minimum absolute atomic E-state index is 0.0106. The number of carbonyl (C=O) groups excluding carboxylic acids is 5. The van der Waals surface area contributed by atoms with Crippen LogP contribution >= 0.6 is 23.3 Å². The number of amides is 5. The fraction of sp³-hybridized carbons (Fsp3) is 0.513. The van der Waals surface area contributed by atoms with Crippen molar-refractivity contribution in [3.63, 3.8) is 0 Å². The standard InChI is InChI=1S/C23H30N12O8S2.C10H12N4O5S.C6H14N4O2/c1-23(2,20(40)41)43-31-11(15-30-21(26)45-32-15)16(36)29-12-17(37)35-13(19(38)39)9(8-44-18(12)35)6-34-7-10(14(25)33(34)3)28-22(42)27-5-4-24;1-10(5-13-3-2-11-12-13)8(9(16)17)14-6(15)4-7(14)20(10,18)19;7-4(5(11)12)2-1-3-10-6(8)9/h7,12,18,25H,4-6,8,24H2,1-3H3,(H7,26,27,28,29,30,32,36,38,39,40,41,42);2-3,7-8H,4-5H2,1H3,(H,16,17);4H,1-3,7H2,(H,11,12)(H4,8,9,10)/b31-11-;;/t12-,18-;7-,8+,10+;4-/m110/s1. The zero-order chi connectivity index (χ0) is 57.5. The quantitative estimate of drug-likeness (QED) is 0.0125. The van der Waals surface area contributed by atoms with Gasteiger partial charge < -0.3 is 80.0 Å². The van der Waals surface area contributed by atoms with Gasteiger partial charge in [-0.2, -0.15) is 9.36 Å². The van der Waals surface area contributed by atoms with E-state index in [9.17, 15) is 62.1 Å². The number of anilines is 3. The number of nitrogens with one attached hydrogen (secondary N) is 3. The number of nitrogens with two attached hydrogens (primary N) is 6. The number of guanidine groups is 1. The van der Waals surface area contributed by atoms with Crippen LogP contribution in [0.1, 0.15) is 45.9 Å². The van der Waals surface area contributed by atoms with Crippen LogP contribution in [0.2, 0.25) is 0 Å². The number of aromatic nitrogens is 7. The van der Waals surface area contributed by atoms with Crippen molar-refractivity contribution in [1.82, 2.24) is 49.5 Å². The number of fused-ring (bicyclic) bond motifs is 2. The summed E-state index contributed by atoms with van der Waals surface area (Å²) in [6.45, 7) is 4.46. The van der Waals surface area contributed by atoms with Crippen LogP contribution in [0.15, 0.2) is 40.0 Å². The van der Waals surface area contributed by atoms with Crippen molar-refractivity contribution in [2.45, 2.75) is 92.3 Å². The lowest BCUT2D eigenvalue weighted by atomic mass is 9.96. The van der Waals surface area contributed by atoms with Gasteiger partial charge in [-0.3, -0.25) is 39.1 Å². The van der Waals surface area contributed by atoms with Gasteiger partial charge in [0.25, 0.3) is 11.8 Å². The molecular formula is C39H56N20O15S3. The molecule has 18 N–H and O–H groups in total. The average molecular weight is 1140 g/mol. The molecule has 0 bridgehead atoms. The number of carboxylic acid groups (broad SMARTS) is 4. The SMILES string of the molecule is C[C@]1(Cn2ccnn2)[C@H](C(=O)O)N2C(=O)C[C@H]2S1(=O)=O.Cn1c(N)c(NC(=O)NCCN)c[n+]1CC1=C(C(=O)[O-])N2C(=O)[C@@H](NC(=O)/C(=N\OC(C)(C)C(=O)O)c3nsc(N)n3)[C@H]2SC1.NC(N)=NCCC[C@H](N)C(=O)O. The Kier molecular flexibility index (Phi) is 18.7. The zero-order valence-corrected chi connectivity index (χ0v) is 43.8. The molecule has 4 aliphatic rings. The Bertz CT molecular complexity index is 2990. The van der Waals surface area contributed by atoms with Crippen LogP contribution in [0.5, 0.6) is 0 Å². The Morgan fingerprint density at radius 3 is 2.36 bits per heavy atom. The first-order chi connectivity index (χ1) is 36.0. The fourth-order valence-electron chi connectivity index (χ4n) is 7.70. The molecule has 0 aliphatic carbocycles. The maximum Gasteiger partial charge on any atom is 0.350 e. The van der Waals surface area contributed by atoms with Gasteiger partial charge >= 0.3 is 23.9 Å². The van der Waals surface area contributed by atoms with Crippen molar-refractivity contribution >= 4 is 109 Å². The van der Waals surface area contributed by atoms with Gasteiger partial charge in [0.1, 0.15) is 27.6 Å². The number of thioether (sulfide) groups is 1. The van der Waals surface area contributed by atoms with Gasteiger partial charge in [-0.25, -0.2) is 22.8 Å². The first-order valence-corrected chi connectivity index (χ1v) is 25.9. The molecule has 0 saturated carbocycles. The first kappa shape index (κ1) is 59.6. The Morgan fingerprint density at radius 1 is 1.13 bits per heavy atom. The van der Waals surface area contributed by atoms with E-state index in [0.29, 0.717) is 25.0 Å². The molecule has 0 aromatic carbocycles. The van der Waals surface area contributed by atoms with Crippen LogP contribution in [0.4, 0.5) is 21.4 Å². The second-order valence-electron chi connectivity index (χ2n) is 17.7. The summed E-state index contributed by atoms with van der Waals surface area (Å²) >= 11 is 1.93. The monoisotopic (exact) mass is 1140 g/mol. The summed E-state index contributed by atoms with van der Waals surface area (Å²) in [6, 6.07) is -3.94. The summed E-state index contributed by atoms with van der Waals surface area (Å²) in [5, 5.41) is 55.9. The molecule has 7 rings (SSSR count). The second kappa shape index (κ2) is 24.2. The molecule has 0 radical (unpaired) electrons. The largest absolute Gasteiger partial charge is 0.543 e. The highest BCUT2D eigenvalue weighted by Gasteiger charge is 2.70. The third-order valence-corrected chi connectivity index (χ3v) is 16.5. The summed E-state index contributed by atoms with van der Waals surface area (Å²) in [7, 11) is -2.20. The molecule has 420 valence electrons. The van der Waals surface area contributed by atoms with E-state index < -0.39 is 102 Å². The maximum atomic E-state index is 13.2. The van der Waals surface area contributed by atoms with Crippen molar-refractivity contribution < 1.29 is 76.7 Å². The average Bonchev–Trinajstić information content (AvgIpc) is 4.13. The molecule has 3 fully saturated rings. The Labute approximate surface area is 444 Å². The molecule has 3 aromatic heterocycles. The minimum Gasteiger partial charge on any atom is -0.543 e. The molecule has 0 unspecified atom stereocenters. The number of urea groups is 1. The van der Waals surface area contributed by atoms with E-state index in [4.69, 9.17) is 44.3 Å². The number of hydrogen-bond donors (Lipinski definition) is 12. The Balaban J connectivity index is 0.000000277. The molecule has 3 aromatic rings. The first-order valence-electron chi connectivity index (χ1n) is 22.5. The van der Waals surface area contributed by atoms with E-state index in [2.05, 4.69) is 45.8 Å². The van der Waals surface area contributed by atoms with Gasteiger partial charge in [0.2, 0.25) is 29.2 Å². The third kappa shape index (κ3) is 13.1. The summed E-state index contributed by atoms with van der Waals surface area (Å²) in [6.07, 6.45) is 5.14. The summed E-state index contributed by atoms with van der Waals surface area (Å²) in [5.74, 6) is -7.42. The number of aliphatic carboxylic acids is 4. The highest BCUT2D eigenvalue weighted by molar-refractivity contribution is 8.00. The zero-order valence-electron chi connectivity index (χ0n) is 41.3.